The zero-order valence-corrected chi connectivity index (χ0v) is 30.8. The summed E-state index contributed by atoms with van der Waals surface area (Å²) >= 11 is 0. The molecule has 0 aromatic heterocycles. The first kappa shape index (κ1) is 41.2. The van der Waals surface area contributed by atoms with Crippen LogP contribution in [0.4, 0.5) is 10.5 Å². The lowest BCUT2D eigenvalue weighted by Gasteiger charge is -2.28. The third kappa shape index (κ3) is 13.4. The number of benzene rings is 1. The topological polar surface area (TPSA) is 190 Å². The molecule has 3 rings (SSSR count). The maximum absolute atomic E-state index is 12.9. The molecule has 0 bridgehead atoms. The quantitative estimate of drug-likeness (QED) is 0.0734. The second kappa shape index (κ2) is 21.2. The van der Waals surface area contributed by atoms with E-state index in [0.717, 1.165) is 42.4 Å². The van der Waals surface area contributed by atoms with E-state index in [0.29, 0.717) is 56.8 Å². The Labute approximate surface area is 302 Å². The average molecular weight is 711 g/mol. The van der Waals surface area contributed by atoms with Gasteiger partial charge in [-0.2, -0.15) is 0 Å². The van der Waals surface area contributed by atoms with Crippen molar-refractivity contribution >= 4 is 35.4 Å². The molecular formula is C38H58N6O7. The summed E-state index contributed by atoms with van der Waals surface area (Å²) in [5.41, 5.74) is 9.22. The van der Waals surface area contributed by atoms with E-state index in [4.69, 9.17) is 15.2 Å². The Bertz CT molecular complexity index is 1420. The summed E-state index contributed by atoms with van der Waals surface area (Å²) in [6.45, 7) is 9.61. The molecule has 0 fully saturated rings. The normalized spacial score (nSPS) is 16.2. The molecular weight excluding hydrogens is 652 g/mol. The molecule has 0 saturated carbocycles. The van der Waals surface area contributed by atoms with Crippen LogP contribution in [0.5, 0.6) is 0 Å². The zero-order valence-electron chi connectivity index (χ0n) is 30.8. The number of rotatable bonds is 22. The minimum absolute atomic E-state index is 0.0248. The fourth-order valence-electron chi connectivity index (χ4n) is 6.16. The van der Waals surface area contributed by atoms with Crippen LogP contribution in [0.25, 0.3) is 0 Å². The van der Waals surface area contributed by atoms with E-state index < -0.39 is 6.09 Å². The lowest BCUT2D eigenvalue weighted by molar-refractivity contribution is -0.123. The smallest absolute Gasteiger partial charge is 0.407 e. The molecule has 13 heteroatoms. The number of alkyl carbamates (subject to hydrolysis) is 1. The van der Waals surface area contributed by atoms with Gasteiger partial charge in [0.25, 0.3) is 0 Å². The monoisotopic (exact) mass is 710 g/mol. The molecule has 5 amide bonds. The highest BCUT2D eigenvalue weighted by Gasteiger charge is 2.38. The van der Waals surface area contributed by atoms with Crippen molar-refractivity contribution in [2.24, 2.45) is 5.73 Å². The minimum Gasteiger partial charge on any atom is -0.449 e. The maximum atomic E-state index is 12.9. The number of nitrogens with one attached hydrogen (secondary N) is 5. The molecule has 282 valence electrons. The van der Waals surface area contributed by atoms with Crippen molar-refractivity contribution in [2.45, 2.75) is 116 Å². The van der Waals surface area contributed by atoms with Gasteiger partial charge in [-0.15, -0.1) is 0 Å². The molecule has 0 aliphatic heterocycles. The molecule has 2 unspecified atom stereocenters. The summed E-state index contributed by atoms with van der Waals surface area (Å²) in [5, 5.41) is 14.6. The molecule has 0 spiro atoms. The highest BCUT2D eigenvalue weighted by Crippen LogP contribution is 2.50. The van der Waals surface area contributed by atoms with Crippen molar-refractivity contribution < 1.29 is 33.4 Å². The fraction of sp³-hybridized carbons (Fsp3) is 0.605. The lowest BCUT2D eigenvalue weighted by Crippen LogP contribution is -2.45. The van der Waals surface area contributed by atoms with E-state index in [1.54, 1.807) is 0 Å². The summed E-state index contributed by atoms with van der Waals surface area (Å²) in [6, 6.07) is 5.81. The lowest BCUT2D eigenvalue weighted by atomic mass is 9.87. The highest BCUT2D eigenvalue weighted by molar-refractivity contribution is 5.91. The molecule has 1 aromatic rings. The number of fused-ring (bicyclic) bond motifs is 3. The number of anilines is 1. The van der Waals surface area contributed by atoms with Crippen LogP contribution in [0.2, 0.25) is 0 Å². The van der Waals surface area contributed by atoms with Gasteiger partial charge in [0.05, 0.1) is 13.3 Å². The number of amides is 5. The van der Waals surface area contributed by atoms with Crippen molar-refractivity contribution in [3.63, 3.8) is 0 Å². The van der Waals surface area contributed by atoms with Crippen LogP contribution in [0.15, 0.2) is 41.6 Å². The van der Waals surface area contributed by atoms with E-state index >= 15 is 0 Å². The van der Waals surface area contributed by atoms with Gasteiger partial charge < -0.3 is 41.8 Å². The van der Waals surface area contributed by atoms with Crippen LogP contribution < -0.4 is 32.3 Å². The average Bonchev–Trinajstić information content (AvgIpc) is 3.41. The first-order valence-electron chi connectivity index (χ1n) is 18.4. The van der Waals surface area contributed by atoms with Crippen LogP contribution >= 0.6 is 0 Å². The Morgan fingerprint density at radius 3 is 2.14 bits per heavy atom. The zero-order chi connectivity index (χ0) is 37.2. The number of hydrogen-bond acceptors (Lipinski definition) is 8. The predicted molar refractivity (Wildman–Crippen MR) is 197 cm³/mol. The van der Waals surface area contributed by atoms with Crippen LogP contribution in [0.1, 0.15) is 121 Å². The van der Waals surface area contributed by atoms with Crippen LogP contribution in [-0.2, 0) is 28.7 Å². The third-order valence-electron chi connectivity index (χ3n) is 9.61. The largest absolute Gasteiger partial charge is 0.449 e. The summed E-state index contributed by atoms with van der Waals surface area (Å²) in [6.07, 6.45) is 9.28. The highest BCUT2D eigenvalue weighted by atomic mass is 16.5. The summed E-state index contributed by atoms with van der Waals surface area (Å²) < 4.78 is 10.8. The van der Waals surface area contributed by atoms with Gasteiger partial charge in [-0.25, -0.2) is 4.79 Å². The maximum Gasteiger partial charge on any atom is 0.407 e. The van der Waals surface area contributed by atoms with E-state index in [9.17, 15) is 24.0 Å². The molecule has 0 saturated heterocycles. The molecule has 0 heterocycles. The van der Waals surface area contributed by atoms with Crippen molar-refractivity contribution in [3.8, 4) is 0 Å². The molecule has 2 atom stereocenters. The first-order valence-corrected chi connectivity index (χ1v) is 18.4. The number of nitrogens with two attached hydrogens (primary N) is 1. The van der Waals surface area contributed by atoms with Gasteiger partial charge in [0.15, 0.2) is 0 Å². The van der Waals surface area contributed by atoms with Gasteiger partial charge in [-0.1, -0.05) is 39.3 Å². The van der Waals surface area contributed by atoms with Crippen LogP contribution in [-0.4, -0.2) is 68.3 Å². The van der Waals surface area contributed by atoms with Gasteiger partial charge in [-0.05, 0) is 80.4 Å². The number of unbranched alkanes of at least 4 members (excludes halogenated alkanes) is 1. The summed E-state index contributed by atoms with van der Waals surface area (Å²) in [7, 11) is 0. The SMILES string of the molecule is CCCCNC(=O)CCCC(=O)Nc1ccc2c(c1)C(COC(=O)NC(C)(CC)CC)C1=CC(NC(=O)CCCC(=O)NCCOCN)=CCC12. The number of ether oxygens (including phenoxy) is 2. The molecule has 13 nitrogen and oxygen atoms in total. The van der Waals surface area contributed by atoms with Gasteiger partial charge >= 0.3 is 6.09 Å². The Hall–Kier alpha value is -4.23. The Kier molecular flexibility index (Phi) is 17.1. The molecule has 51 heavy (non-hydrogen) atoms. The van der Waals surface area contributed by atoms with Gasteiger partial charge in [-0.3, -0.25) is 19.2 Å². The second-order valence-electron chi connectivity index (χ2n) is 13.4. The summed E-state index contributed by atoms with van der Waals surface area (Å²) in [5.74, 6) is -0.841. The van der Waals surface area contributed by atoms with E-state index in [-0.39, 0.29) is 73.6 Å². The number of carbonyl (C=O) groups is 5. The first-order chi connectivity index (χ1) is 24.5. The second-order valence-corrected chi connectivity index (χ2v) is 13.4. The Morgan fingerprint density at radius 2 is 1.49 bits per heavy atom. The standard InChI is InChI=1S/C38H58N6O7/c1-5-8-19-40-33(45)11-9-13-35(47)42-26-15-17-28-29-18-16-27(43-36(48)14-10-12-34(46)41-20-21-50-25-39)23-31(29)32(30(28)22-26)24-51-37(49)44-38(4,6-2)7-3/h15-17,22-23,29,32H,5-14,18-21,24-25,39H2,1-4H3,(H,40,45)(H,41,46)(H,42,47)(H,43,48)(H,44,49). The van der Waals surface area contributed by atoms with Crippen molar-refractivity contribution in [1.29, 1.82) is 0 Å². The predicted octanol–water partition coefficient (Wildman–Crippen LogP) is 4.75. The Morgan fingerprint density at radius 1 is 0.843 bits per heavy atom. The van der Waals surface area contributed by atoms with Crippen molar-refractivity contribution in [3.05, 3.63) is 52.7 Å². The van der Waals surface area contributed by atoms with E-state index in [1.165, 1.54) is 0 Å². The number of allylic oxidation sites excluding steroid dienone is 2. The minimum atomic E-state index is -0.495. The molecule has 7 N–H and O–H groups in total. The number of hydrogen-bond donors (Lipinski definition) is 6. The summed E-state index contributed by atoms with van der Waals surface area (Å²) in [4.78, 5) is 62.6. The fourth-order valence-corrected chi connectivity index (χ4v) is 6.16. The molecule has 0 radical (unpaired) electrons. The van der Waals surface area contributed by atoms with Crippen LogP contribution in [0.3, 0.4) is 0 Å². The Balaban J connectivity index is 1.67. The number of carbonyl (C=O) groups excluding carboxylic acids is 5. The molecule has 1 aromatic carbocycles. The molecule has 2 aliphatic rings. The van der Waals surface area contributed by atoms with Crippen molar-refractivity contribution in [1.82, 2.24) is 21.3 Å². The van der Waals surface area contributed by atoms with Crippen LogP contribution in [0, 0.1) is 0 Å². The molecule has 2 aliphatic carbocycles. The van der Waals surface area contributed by atoms with E-state index in [2.05, 4.69) is 33.5 Å². The van der Waals surface area contributed by atoms with Crippen molar-refractivity contribution in [2.75, 3.05) is 38.4 Å². The van der Waals surface area contributed by atoms with E-state index in [1.807, 2.05) is 51.1 Å². The van der Waals surface area contributed by atoms with Gasteiger partial charge in [0, 0.05) is 67.5 Å². The van der Waals surface area contributed by atoms with Gasteiger partial charge in [0.1, 0.15) is 6.61 Å². The van der Waals surface area contributed by atoms with Gasteiger partial charge in [0.2, 0.25) is 23.6 Å². The third-order valence-corrected chi connectivity index (χ3v) is 9.61.